The molecule has 0 unspecified atom stereocenters. The molecule has 1 aliphatic heterocycles. The van der Waals surface area contributed by atoms with Crippen molar-refractivity contribution >= 4 is 5.97 Å². The molecule has 0 bridgehead atoms. The number of benzene rings is 3. The van der Waals surface area contributed by atoms with Crippen LogP contribution in [-0.4, -0.2) is 5.97 Å². The largest absolute Gasteiger partial charge is 0.457 e. The summed E-state index contributed by atoms with van der Waals surface area (Å²) in [5.74, 6) is 1.25. The van der Waals surface area contributed by atoms with Gasteiger partial charge in [0.15, 0.2) is 0 Å². The van der Waals surface area contributed by atoms with Crippen LogP contribution in [0.25, 0.3) is 0 Å². The van der Waals surface area contributed by atoms with E-state index in [1.54, 1.807) is 6.07 Å². The second-order valence-electron chi connectivity index (χ2n) is 5.73. The lowest BCUT2D eigenvalue weighted by atomic mass is 9.96. The number of rotatable bonds is 3. The van der Waals surface area contributed by atoms with Gasteiger partial charge in [-0.3, -0.25) is 0 Å². The monoisotopic (exact) mass is 316 g/mol. The number of hydrogen-bond acceptors (Lipinski definition) is 3. The van der Waals surface area contributed by atoms with E-state index >= 15 is 0 Å². The molecule has 3 heteroatoms. The minimum absolute atomic E-state index is 0.265. The van der Waals surface area contributed by atoms with Gasteiger partial charge in [0.2, 0.25) is 0 Å². The highest BCUT2D eigenvalue weighted by molar-refractivity contribution is 5.92. The molecule has 4 rings (SSSR count). The molecule has 1 aliphatic rings. The number of ether oxygens (including phenoxy) is 2. The van der Waals surface area contributed by atoms with Crippen molar-refractivity contribution in [3.8, 4) is 11.5 Å². The Kier molecular flexibility index (Phi) is 3.75. The van der Waals surface area contributed by atoms with Gasteiger partial charge < -0.3 is 9.47 Å². The minimum atomic E-state index is -0.321. The fourth-order valence-electron chi connectivity index (χ4n) is 2.89. The molecule has 0 amide bonds. The summed E-state index contributed by atoms with van der Waals surface area (Å²) in [6, 6.07) is 23.1. The summed E-state index contributed by atoms with van der Waals surface area (Å²) in [5, 5.41) is 0. The molecule has 24 heavy (non-hydrogen) atoms. The van der Waals surface area contributed by atoms with Gasteiger partial charge in [-0.05, 0) is 29.3 Å². The Morgan fingerprint density at radius 3 is 2.50 bits per heavy atom. The predicted molar refractivity (Wildman–Crippen MR) is 91.3 cm³/mol. The molecular weight excluding hydrogens is 300 g/mol. The molecule has 0 atom stereocenters. The summed E-state index contributed by atoms with van der Waals surface area (Å²) in [5.41, 5.74) is 3.50. The van der Waals surface area contributed by atoms with Crippen LogP contribution in [0.15, 0.2) is 72.8 Å². The number of carbonyl (C=O) groups excluding carboxylic acids is 1. The fraction of sp³-hybridized carbons (Fsp3) is 0.0952. The quantitative estimate of drug-likeness (QED) is 0.512. The van der Waals surface area contributed by atoms with E-state index in [0.717, 1.165) is 28.2 Å². The highest BCUT2D eigenvalue weighted by Crippen LogP contribution is 2.38. The van der Waals surface area contributed by atoms with Crippen LogP contribution in [-0.2, 0) is 17.8 Å². The standard InChI is InChI=1S/C21H16O3/c22-21(23-14-15-7-2-1-3-8-15)17-10-6-12-20-18(17)13-16-9-4-5-11-19(16)24-20/h1-12H,13-14H2. The van der Waals surface area contributed by atoms with Gasteiger partial charge in [-0.15, -0.1) is 0 Å². The normalized spacial score (nSPS) is 11.8. The Bertz CT molecular complexity index is 885. The highest BCUT2D eigenvalue weighted by Gasteiger charge is 2.23. The van der Waals surface area contributed by atoms with E-state index in [1.165, 1.54) is 0 Å². The van der Waals surface area contributed by atoms with Crippen molar-refractivity contribution in [1.82, 2.24) is 0 Å². The van der Waals surface area contributed by atoms with Crippen LogP contribution in [0.4, 0.5) is 0 Å². The van der Waals surface area contributed by atoms with Crippen LogP contribution in [0.1, 0.15) is 27.0 Å². The molecule has 0 radical (unpaired) electrons. The van der Waals surface area contributed by atoms with E-state index in [0.29, 0.717) is 12.0 Å². The van der Waals surface area contributed by atoms with Crippen LogP contribution >= 0.6 is 0 Å². The number of esters is 1. The molecule has 0 aromatic heterocycles. The van der Waals surface area contributed by atoms with Gasteiger partial charge in [0.25, 0.3) is 0 Å². The van der Waals surface area contributed by atoms with Crippen molar-refractivity contribution in [2.45, 2.75) is 13.0 Å². The molecule has 0 saturated heterocycles. The minimum Gasteiger partial charge on any atom is -0.457 e. The molecule has 118 valence electrons. The van der Waals surface area contributed by atoms with Crippen molar-refractivity contribution in [1.29, 1.82) is 0 Å². The Morgan fingerprint density at radius 2 is 1.62 bits per heavy atom. The smallest absolute Gasteiger partial charge is 0.338 e. The first-order valence-corrected chi connectivity index (χ1v) is 7.90. The van der Waals surface area contributed by atoms with Gasteiger partial charge in [-0.25, -0.2) is 4.79 Å². The maximum Gasteiger partial charge on any atom is 0.338 e. The van der Waals surface area contributed by atoms with Crippen LogP contribution in [0, 0.1) is 0 Å². The third-order valence-corrected chi connectivity index (χ3v) is 4.13. The fourth-order valence-corrected chi connectivity index (χ4v) is 2.89. The maximum absolute atomic E-state index is 12.5. The zero-order valence-electron chi connectivity index (χ0n) is 13.1. The summed E-state index contributed by atoms with van der Waals surface area (Å²) in [6.07, 6.45) is 0.669. The maximum atomic E-state index is 12.5. The number of carbonyl (C=O) groups is 1. The summed E-state index contributed by atoms with van der Waals surface area (Å²) < 4.78 is 11.4. The Labute approximate surface area is 140 Å². The molecule has 0 saturated carbocycles. The van der Waals surface area contributed by atoms with E-state index in [9.17, 15) is 4.79 Å². The van der Waals surface area contributed by atoms with Crippen molar-refractivity contribution in [2.75, 3.05) is 0 Å². The zero-order chi connectivity index (χ0) is 16.4. The van der Waals surface area contributed by atoms with Crippen LogP contribution in [0.5, 0.6) is 11.5 Å². The molecule has 3 nitrogen and oxygen atoms in total. The summed E-state index contributed by atoms with van der Waals surface area (Å²) >= 11 is 0. The van der Waals surface area contributed by atoms with E-state index in [2.05, 4.69) is 0 Å². The van der Waals surface area contributed by atoms with Crippen LogP contribution < -0.4 is 4.74 Å². The molecule has 3 aromatic carbocycles. The number of fused-ring (bicyclic) bond motifs is 2. The first-order valence-electron chi connectivity index (χ1n) is 7.90. The summed E-state index contributed by atoms with van der Waals surface area (Å²) in [4.78, 5) is 12.5. The van der Waals surface area contributed by atoms with Gasteiger partial charge in [0, 0.05) is 12.0 Å². The molecule has 1 heterocycles. The van der Waals surface area contributed by atoms with Crippen molar-refractivity contribution in [3.05, 3.63) is 95.1 Å². The highest BCUT2D eigenvalue weighted by atomic mass is 16.5. The van der Waals surface area contributed by atoms with Crippen molar-refractivity contribution < 1.29 is 14.3 Å². The van der Waals surface area contributed by atoms with Gasteiger partial charge in [-0.2, -0.15) is 0 Å². The predicted octanol–water partition coefficient (Wildman–Crippen LogP) is 4.74. The van der Waals surface area contributed by atoms with E-state index in [4.69, 9.17) is 9.47 Å². The van der Waals surface area contributed by atoms with E-state index in [1.807, 2.05) is 66.7 Å². The lowest BCUT2D eigenvalue weighted by Gasteiger charge is -2.21. The van der Waals surface area contributed by atoms with E-state index < -0.39 is 0 Å². The average Bonchev–Trinajstić information content (AvgIpc) is 2.64. The third kappa shape index (κ3) is 2.76. The second-order valence-corrected chi connectivity index (χ2v) is 5.73. The van der Waals surface area contributed by atoms with Crippen LogP contribution in [0.2, 0.25) is 0 Å². The Hall–Kier alpha value is -3.07. The first-order chi connectivity index (χ1) is 11.8. The summed E-state index contributed by atoms with van der Waals surface area (Å²) in [7, 11) is 0. The van der Waals surface area contributed by atoms with E-state index in [-0.39, 0.29) is 12.6 Å². The first kappa shape index (κ1) is 14.5. The van der Waals surface area contributed by atoms with Crippen molar-refractivity contribution in [2.24, 2.45) is 0 Å². The Balaban J connectivity index is 1.58. The third-order valence-electron chi connectivity index (χ3n) is 4.13. The van der Waals surface area contributed by atoms with Gasteiger partial charge in [0.1, 0.15) is 18.1 Å². The SMILES string of the molecule is O=C(OCc1ccccc1)c1cccc2c1Cc1ccccc1O2. The molecular formula is C21H16O3. The second kappa shape index (κ2) is 6.20. The zero-order valence-corrected chi connectivity index (χ0v) is 13.1. The Morgan fingerprint density at radius 1 is 0.875 bits per heavy atom. The molecule has 0 N–H and O–H groups in total. The molecule has 0 fully saturated rings. The number of para-hydroxylation sites is 1. The van der Waals surface area contributed by atoms with Gasteiger partial charge >= 0.3 is 5.97 Å². The van der Waals surface area contributed by atoms with Crippen molar-refractivity contribution in [3.63, 3.8) is 0 Å². The lowest BCUT2D eigenvalue weighted by molar-refractivity contribution is 0.0471. The molecule has 0 spiro atoms. The number of hydrogen-bond donors (Lipinski definition) is 0. The molecule has 0 aliphatic carbocycles. The van der Waals surface area contributed by atoms with Crippen LogP contribution in [0.3, 0.4) is 0 Å². The topological polar surface area (TPSA) is 35.5 Å². The molecule has 3 aromatic rings. The lowest BCUT2D eigenvalue weighted by Crippen LogP contribution is -2.12. The van der Waals surface area contributed by atoms with Gasteiger partial charge in [0.05, 0.1) is 5.56 Å². The summed E-state index contributed by atoms with van der Waals surface area (Å²) in [6.45, 7) is 0.265. The average molecular weight is 316 g/mol. The van der Waals surface area contributed by atoms with Gasteiger partial charge in [-0.1, -0.05) is 54.6 Å².